The van der Waals surface area contributed by atoms with Crippen LogP contribution in [0.15, 0.2) is 28.6 Å². The monoisotopic (exact) mass is 318 g/mol. The molecular formula is C13H14N6S2. The van der Waals surface area contributed by atoms with Crippen LogP contribution in [0.3, 0.4) is 0 Å². The van der Waals surface area contributed by atoms with Gasteiger partial charge in [0.2, 0.25) is 11.9 Å². The minimum Gasteiger partial charge on any atom is -0.368 e. The van der Waals surface area contributed by atoms with Gasteiger partial charge < -0.3 is 10.6 Å². The highest BCUT2D eigenvalue weighted by molar-refractivity contribution is 8.00. The number of thioether (sulfide) groups is 1. The number of thiazole rings is 1. The molecule has 0 radical (unpaired) electrons. The number of nitrogen functional groups attached to an aromatic ring is 1. The lowest BCUT2D eigenvalue weighted by Crippen LogP contribution is -2.15. The molecule has 0 amide bonds. The van der Waals surface area contributed by atoms with Crippen LogP contribution < -0.4 is 10.6 Å². The van der Waals surface area contributed by atoms with Crippen molar-refractivity contribution < 1.29 is 0 Å². The molecule has 8 heteroatoms. The van der Waals surface area contributed by atoms with Gasteiger partial charge in [0.1, 0.15) is 5.82 Å². The number of hydrogen-bond acceptors (Lipinski definition) is 8. The van der Waals surface area contributed by atoms with Crippen molar-refractivity contribution in [3.05, 3.63) is 30.1 Å². The van der Waals surface area contributed by atoms with Crippen molar-refractivity contribution in [2.24, 2.45) is 0 Å². The molecule has 2 aromatic heterocycles. The van der Waals surface area contributed by atoms with Crippen LogP contribution in [-0.2, 0) is 5.75 Å². The molecule has 0 saturated heterocycles. The van der Waals surface area contributed by atoms with Gasteiger partial charge in [-0.1, -0.05) is 23.9 Å². The van der Waals surface area contributed by atoms with E-state index < -0.39 is 0 Å². The minimum absolute atomic E-state index is 0.244. The number of nitrogens with zero attached hydrogens (tertiary/aromatic N) is 5. The zero-order chi connectivity index (χ0) is 14.8. The zero-order valence-electron chi connectivity index (χ0n) is 11.6. The lowest BCUT2D eigenvalue weighted by Gasteiger charge is -2.10. The van der Waals surface area contributed by atoms with Gasteiger partial charge in [0, 0.05) is 14.1 Å². The lowest BCUT2D eigenvalue weighted by molar-refractivity contribution is 0.919. The summed E-state index contributed by atoms with van der Waals surface area (Å²) in [5.74, 6) is 2.10. The summed E-state index contributed by atoms with van der Waals surface area (Å²) in [4.78, 5) is 19.0. The van der Waals surface area contributed by atoms with Gasteiger partial charge in [-0.3, -0.25) is 0 Å². The fraction of sp³-hybridized carbons (Fsp3) is 0.231. The van der Waals surface area contributed by atoms with Crippen molar-refractivity contribution in [3.8, 4) is 0 Å². The van der Waals surface area contributed by atoms with Crippen LogP contribution in [0.5, 0.6) is 0 Å². The van der Waals surface area contributed by atoms with Gasteiger partial charge in [0.25, 0.3) is 0 Å². The van der Waals surface area contributed by atoms with E-state index in [0.717, 1.165) is 9.86 Å². The summed E-state index contributed by atoms with van der Waals surface area (Å²) in [6.07, 6.45) is 0. The molecule has 0 fully saturated rings. The van der Waals surface area contributed by atoms with Crippen molar-refractivity contribution in [2.75, 3.05) is 24.7 Å². The third-order valence-corrected chi connectivity index (χ3v) is 4.86. The molecule has 3 aromatic rings. The summed E-state index contributed by atoms with van der Waals surface area (Å²) < 4.78 is 2.19. The maximum Gasteiger partial charge on any atom is 0.229 e. The molecule has 0 atom stereocenters. The molecular weight excluding hydrogens is 304 g/mol. The number of para-hydroxylation sites is 1. The molecule has 0 aliphatic carbocycles. The van der Waals surface area contributed by atoms with E-state index in [0.29, 0.717) is 17.5 Å². The Labute approximate surface area is 130 Å². The standard InChI is InChI=1S/C13H14N6S2/c1-19(2)12-17-10(16-11(14)18-12)7-20-13-15-8-5-3-4-6-9(8)21-13/h3-6H,7H2,1-2H3,(H2,14,16,17,18). The van der Waals surface area contributed by atoms with Gasteiger partial charge in [0.05, 0.1) is 16.0 Å². The van der Waals surface area contributed by atoms with Gasteiger partial charge >= 0.3 is 0 Å². The Morgan fingerprint density at radius 2 is 1.95 bits per heavy atom. The van der Waals surface area contributed by atoms with Crippen molar-refractivity contribution in [1.29, 1.82) is 0 Å². The molecule has 108 valence electrons. The average Bonchev–Trinajstić information content (AvgIpc) is 2.87. The highest BCUT2D eigenvalue weighted by Gasteiger charge is 2.09. The van der Waals surface area contributed by atoms with E-state index in [2.05, 4.69) is 26.0 Å². The maximum absolute atomic E-state index is 5.72. The van der Waals surface area contributed by atoms with Crippen molar-refractivity contribution >= 4 is 45.2 Å². The number of hydrogen-bond donors (Lipinski definition) is 1. The summed E-state index contributed by atoms with van der Waals surface area (Å²) in [6.45, 7) is 0. The molecule has 3 rings (SSSR count). The van der Waals surface area contributed by atoms with Crippen LogP contribution in [-0.4, -0.2) is 34.0 Å². The van der Waals surface area contributed by atoms with Crippen molar-refractivity contribution in [2.45, 2.75) is 10.1 Å². The van der Waals surface area contributed by atoms with Crippen LogP contribution in [0.2, 0.25) is 0 Å². The smallest absolute Gasteiger partial charge is 0.229 e. The Balaban J connectivity index is 1.78. The van der Waals surface area contributed by atoms with Crippen LogP contribution in [0.1, 0.15) is 5.82 Å². The third-order valence-electron chi connectivity index (χ3n) is 2.69. The number of fused-ring (bicyclic) bond motifs is 1. The predicted molar refractivity (Wildman–Crippen MR) is 87.7 cm³/mol. The molecule has 2 N–H and O–H groups in total. The fourth-order valence-electron chi connectivity index (χ4n) is 1.73. The molecule has 1 aromatic carbocycles. The van der Waals surface area contributed by atoms with Gasteiger partial charge in [0.15, 0.2) is 4.34 Å². The van der Waals surface area contributed by atoms with Gasteiger partial charge in [-0.25, -0.2) is 4.98 Å². The normalized spacial score (nSPS) is 11.0. The van der Waals surface area contributed by atoms with Crippen LogP contribution >= 0.6 is 23.1 Å². The second kappa shape index (κ2) is 5.82. The number of benzene rings is 1. The van der Waals surface area contributed by atoms with Gasteiger partial charge in [-0.05, 0) is 12.1 Å². The SMILES string of the molecule is CN(C)c1nc(N)nc(CSc2nc3ccccc3s2)n1. The van der Waals surface area contributed by atoms with Gasteiger partial charge in [-0.2, -0.15) is 15.0 Å². The zero-order valence-corrected chi connectivity index (χ0v) is 13.3. The van der Waals surface area contributed by atoms with Crippen molar-refractivity contribution in [3.63, 3.8) is 0 Å². The summed E-state index contributed by atoms with van der Waals surface area (Å²) in [5.41, 5.74) is 6.74. The molecule has 6 nitrogen and oxygen atoms in total. The van der Waals surface area contributed by atoms with Crippen LogP contribution in [0.4, 0.5) is 11.9 Å². The molecule has 0 spiro atoms. The Hall–Kier alpha value is -1.93. The van der Waals surface area contributed by atoms with Crippen molar-refractivity contribution in [1.82, 2.24) is 19.9 Å². The maximum atomic E-state index is 5.72. The van der Waals surface area contributed by atoms with E-state index >= 15 is 0 Å². The Morgan fingerprint density at radius 1 is 1.14 bits per heavy atom. The number of nitrogens with two attached hydrogens (primary N) is 1. The van der Waals surface area contributed by atoms with Crippen LogP contribution in [0.25, 0.3) is 10.2 Å². The predicted octanol–water partition coefficient (Wildman–Crippen LogP) is 2.42. The topological polar surface area (TPSA) is 80.8 Å². The third kappa shape index (κ3) is 3.22. The van der Waals surface area contributed by atoms with E-state index in [9.17, 15) is 0 Å². The fourth-order valence-corrected chi connectivity index (χ4v) is 3.65. The van der Waals surface area contributed by atoms with E-state index in [-0.39, 0.29) is 5.95 Å². The molecule has 2 heterocycles. The number of anilines is 2. The largest absolute Gasteiger partial charge is 0.368 e. The second-order valence-corrected chi connectivity index (χ2v) is 6.79. The summed E-state index contributed by atoms with van der Waals surface area (Å²) in [5, 5.41) is 0. The molecule has 21 heavy (non-hydrogen) atoms. The molecule has 0 bridgehead atoms. The Bertz CT molecular complexity index is 737. The first-order chi connectivity index (χ1) is 10.1. The molecule has 0 aliphatic heterocycles. The first-order valence-electron chi connectivity index (χ1n) is 6.28. The van der Waals surface area contributed by atoms with Gasteiger partial charge in [-0.15, -0.1) is 11.3 Å². The minimum atomic E-state index is 0.244. The molecule has 0 unspecified atom stereocenters. The highest BCUT2D eigenvalue weighted by atomic mass is 32.2. The van der Waals surface area contributed by atoms with E-state index in [4.69, 9.17) is 5.73 Å². The Kier molecular flexibility index (Phi) is 3.89. The van der Waals surface area contributed by atoms with E-state index in [1.54, 1.807) is 23.1 Å². The summed E-state index contributed by atoms with van der Waals surface area (Å²) >= 11 is 3.28. The van der Waals surface area contributed by atoms with E-state index in [1.165, 1.54) is 4.70 Å². The highest BCUT2D eigenvalue weighted by Crippen LogP contribution is 2.30. The lowest BCUT2D eigenvalue weighted by atomic mass is 10.3. The molecule has 0 saturated carbocycles. The Morgan fingerprint density at radius 3 is 2.71 bits per heavy atom. The van der Waals surface area contributed by atoms with Crippen LogP contribution in [0, 0.1) is 0 Å². The summed E-state index contributed by atoms with van der Waals surface area (Å²) in [7, 11) is 3.75. The quantitative estimate of drug-likeness (QED) is 0.740. The molecule has 0 aliphatic rings. The first-order valence-corrected chi connectivity index (χ1v) is 8.08. The number of rotatable bonds is 4. The summed E-state index contributed by atoms with van der Waals surface area (Å²) in [6, 6.07) is 8.10. The second-order valence-electron chi connectivity index (χ2n) is 4.54. The number of aromatic nitrogens is 4. The first kappa shape index (κ1) is 14.0. The van der Waals surface area contributed by atoms with E-state index in [1.807, 2.05) is 37.2 Å². The average molecular weight is 318 g/mol.